The molecule has 1 aliphatic carbocycles. The van der Waals surface area contributed by atoms with Crippen molar-refractivity contribution in [1.82, 2.24) is 10.3 Å². The Balaban J connectivity index is 1.55. The third-order valence-corrected chi connectivity index (χ3v) is 7.08. The van der Waals surface area contributed by atoms with E-state index < -0.39 is 5.97 Å². The number of carbonyl (C=O) groups excluding carboxylic acids is 1. The van der Waals surface area contributed by atoms with Crippen molar-refractivity contribution in [2.75, 3.05) is 23.3 Å². The minimum absolute atomic E-state index is 0.0827. The minimum atomic E-state index is -0.755. The van der Waals surface area contributed by atoms with Crippen molar-refractivity contribution in [2.24, 2.45) is 5.92 Å². The fourth-order valence-electron chi connectivity index (χ4n) is 5.13. The van der Waals surface area contributed by atoms with Crippen LogP contribution in [0.5, 0.6) is 0 Å². The summed E-state index contributed by atoms with van der Waals surface area (Å²) in [7, 11) is 0. The average molecular weight is 465 g/mol. The molecule has 182 valence electrons. The van der Waals surface area contributed by atoms with E-state index in [9.17, 15) is 14.7 Å². The predicted octanol–water partition coefficient (Wildman–Crippen LogP) is 4.76. The molecule has 0 radical (unpaired) electrons. The number of amides is 1. The normalized spacial score (nSPS) is 19.0. The van der Waals surface area contributed by atoms with Gasteiger partial charge in [-0.3, -0.25) is 9.59 Å². The van der Waals surface area contributed by atoms with Crippen LogP contribution in [-0.4, -0.2) is 41.1 Å². The number of carboxylic acids is 1. The summed E-state index contributed by atoms with van der Waals surface area (Å²) in [6.45, 7) is 4.17. The third-order valence-electron chi connectivity index (χ3n) is 7.08. The Morgan fingerprint density at radius 2 is 1.85 bits per heavy atom. The van der Waals surface area contributed by atoms with Gasteiger partial charge in [0, 0.05) is 32.1 Å². The van der Waals surface area contributed by atoms with E-state index in [0.29, 0.717) is 24.5 Å². The number of nitrogens with zero attached hydrogens (tertiary/aromatic N) is 2. The van der Waals surface area contributed by atoms with Gasteiger partial charge in [-0.25, -0.2) is 4.98 Å². The van der Waals surface area contributed by atoms with Crippen molar-refractivity contribution in [3.63, 3.8) is 0 Å². The summed E-state index contributed by atoms with van der Waals surface area (Å²) in [5, 5.41) is 15.8. The highest BCUT2D eigenvalue weighted by Crippen LogP contribution is 2.27. The van der Waals surface area contributed by atoms with Crippen LogP contribution in [0.25, 0.3) is 0 Å². The van der Waals surface area contributed by atoms with Crippen molar-refractivity contribution in [3.05, 3.63) is 53.1 Å². The first kappa shape index (κ1) is 24.0. The molecule has 1 aromatic heterocycles. The van der Waals surface area contributed by atoms with Crippen LogP contribution >= 0.6 is 0 Å². The molecular formula is C27H36N4O3. The summed E-state index contributed by atoms with van der Waals surface area (Å²) in [6.07, 6.45) is 7.66. The Labute approximate surface area is 202 Å². The maximum absolute atomic E-state index is 13.2. The van der Waals surface area contributed by atoms with E-state index in [1.54, 1.807) is 0 Å². The van der Waals surface area contributed by atoms with Crippen LogP contribution in [0.4, 0.5) is 11.6 Å². The number of aliphatic carboxylic acids is 1. The molecule has 2 aliphatic rings. The molecule has 2 fully saturated rings. The maximum Gasteiger partial charge on any atom is 0.303 e. The zero-order chi connectivity index (χ0) is 23.9. The largest absolute Gasteiger partial charge is 0.481 e. The number of carbonyl (C=O) groups is 2. The number of pyridine rings is 1. The maximum atomic E-state index is 13.2. The lowest BCUT2D eigenvalue weighted by Gasteiger charge is -2.33. The van der Waals surface area contributed by atoms with Gasteiger partial charge in [0.1, 0.15) is 11.6 Å². The van der Waals surface area contributed by atoms with Crippen molar-refractivity contribution in [3.8, 4) is 0 Å². The van der Waals surface area contributed by atoms with Gasteiger partial charge in [-0.05, 0) is 61.8 Å². The molecule has 34 heavy (non-hydrogen) atoms. The topological polar surface area (TPSA) is 94.6 Å². The van der Waals surface area contributed by atoms with Gasteiger partial charge in [0.25, 0.3) is 5.91 Å². The van der Waals surface area contributed by atoms with Crippen LogP contribution < -0.4 is 15.5 Å². The lowest BCUT2D eigenvalue weighted by molar-refractivity contribution is -0.138. The number of nitrogens with one attached hydrogen (secondary N) is 2. The number of aromatic nitrogens is 1. The molecule has 0 unspecified atom stereocenters. The second-order valence-electron chi connectivity index (χ2n) is 9.71. The molecule has 1 saturated heterocycles. The highest BCUT2D eigenvalue weighted by Gasteiger charge is 2.25. The summed E-state index contributed by atoms with van der Waals surface area (Å²) in [5.41, 5.74) is 2.90. The van der Waals surface area contributed by atoms with E-state index in [0.717, 1.165) is 56.5 Å². The highest BCUT2D eigenvalue weighted by atomic mass is 16.4. The Morgan fingerprint density at radius 3 is 2.62 bits per heavy atom. The molecule has 2 heterocycles. The van der Waals surface area contributed by atoms with Crippen molar-refractivity contribution in [2.45, 2.75) is 70.9 Å². The van der Waals surface area contributed by atoms with Crippen LogP contribution in [0, 0.1) is 12.8 Å². The van der Waals surface area contributed by atoms with Crippen molar-refractivity contribution >= 4 is 23.5 Å². The molecule has 1 saturated carbocycles. The fourth-order valence-corrected chi connectivity index (χ4v) is 5.13. The number of hydrogen-bond donors (Lipinski definition) is 3. The zero-order valence-corrected chi connectivity index (χ0v) is 20.1. The Kier molecular flexibility index (Phi) is 8.03. The number of aryl methyl sites for hydroxylation is 1. The van der Waals surface area contributed by atoms with Gasteiger partial charge < -0.3 is 20.6 Å². The Morgan fingerprint density at radius 1 is 1.06 bits per heavy atom. The first-order valence-electron chi connectivity index (χ1n) is 12.6. The minimum Gasteiger partial charge on any atom is -0.481 e. The fraction of sp³-hybridized carbons (Fsp3) is 0.519. The average Bonchev–Trinajstić information content (AvgIpc) is 2.84. The van der Waals surface area contributed by atoms with Crippen LogP contribution in [0.3, 0.4) is 0 Å². The van der Waals surface area contributed by atoms with Gasteiger partial charge in [-0.2, -0.15) is 0 Å². The highest BCUT2D eigenvalue weighted by molar-refractivity contribution is 5.99. The molecule has 1 atom stereocenters. The van der Waals surface area contributed by atoms with Gasteiger partial charge in [0.15, 0.2) is 0 Å². The number of anilines is 2. The monoisotopic (exact) mass is 464 g/mol. The van der Waals surface area contributed by atoms with E-state index >= 15 is 0 Å². The third kappa shape index (κ3) is 6.27. The SMILES string of the molecule is Cc1ccccc1CNc1nc(N2CCC[C@@H](CC(=O)O)C2)ccc1C(=O)NC1CCCCC1. The summed E-state index contributed by atoms with van der Waals surface area (Å²) in [6, 6.07) is 12.2. The summed E-state index contributed by atoms with van der Waals surface area (Å²) in [4.78, 5) is 31.4. The second-order valence-corrected chi connectivity index (χ2v) is 9.71. The smallest absolute Gasteiger partial charge is 0.303 e. The molecule has 0 bridgehead atoms. The van der Waals surface area contributed by atoms with Crippen LogP contribution in [-0.2, 0) is 11.3 Å². The van der Waals surface area contributed by atoms with Crippen molar-refractivity contribution < 1.29 is 14.7 Å². The molecule has 0 spiro atoms. The van der Waals surface area contributed by atoms with E-state index in [-0.39, 0.29) is 24.3 Å². The standard InChI is InChI=1S/C27H36N4O3/c1-19-8-5-6-10-21(19)17-28-26-23(27(34)29-22-11-3-2-4-12-22)13-14-24(30-26)31-15-7-9-20(18-31)16-25(32)33/h5-6,8,10,13-14,20,22H,2-4,7,9,11-12,15-18H2,1H3,(H,28,30)(H,29,34)(H,32,33)/t20-/m0/s1. The molecule has 1 aliphatic heterocycles. The first-order valence-corrected chi connectivity index (χ1v) is 12.6. The van der Waals surface area contributed by atoms with Gasteiger partial charge in [0.05, 0.1) is 5.56 Å². The molecule has 1 amide bonds. The molecule has 3 N–H and O–H groups in total. The zero-order valence-electron chi connectivity index (χ0n) is 20.1. The van der Waals surface area contributed by atoms with Gasteiger partial charge in [-0.15, -0.1) is 0 Å². The summed E-state index contributed by atoms with van der Waals surface area (Å²) >= 11 is 0. The predicted molar refractivity (Wildman–Crippen MR) is 134 cm³/mol. The van der Waals surface area contributed by atoms with Crippen LogP contribution in [0.1, 0.15) is 72.9 Å². The van der Waals surface area contributed by atoms with E-state index in [1.807, 2.05) is 24.3 Å². The van der Waals surface area contributed by atoms with E-state index in [1.165, 1.54) is 12.0 Å². The lowest BCUT2D eigenvalue weighted by atomic mass is 9.95. The number of carboxylic acid groups (broad SMARTS) is 1. The number of hydrogen-bond acceptors (Lipinski definition) is 5. The molecule has 4 rings (SSSR count). The Bertz CT molecular complexity index is 1000. The number of rotatable bonds is 8. The quantitative estimate of drug-likeness (QED) is 0.522. The summed E-state index contributed by atoms with van der Waals surface area (Å²) in [5.74, 6) is 0.646. The van der Waals surface area contributed by atoms with Crippen LogP contribution in [0.15, 0.2) is 36.4 Å². The molecule has 2 aromatic rings. The first-order chi connectivity index (χ1) is 16.5. The molecule has 7 heteroatoms. The molecule has 1 aromatic carbocycles. The lowest BCUT2D eigenvalue weighted by Crippen LogP contribution is -2.38. The summed E-state index contributed by atoms with van der Waals surface area (Å²) < 4.78 is 0. The number of benzene rings is 1. The molecule has 7 nitrogen and oxygen atoms in total. The van der Waals surface area contributed by atoms with Crippen molar-refractivity contribution in [1.29, 1.82) is 0 Å². The molecular weight excluding hydrogens is 428 g/mol. The van der Waals surface area contributed by atoms with E-state index in [2.05, 4.69) is 34.6 Å². The van der Waals surface area contributed by atoms with Gasteiger partial charge >= 0.3 is 5.97 Å². The second kappa shape index (κ2) is 11.4. The van der Waals surface area contributed by atoms with Gasteiger partial charge in [0.2, 0.25) is 0 Å². The number of piperidine rings is 1. The Hall–Kier alpha value is -3.09. The van der Waals surface area contributed by atoms with E-state index in [4.69, 9.17) is 4.98 Å². The van der Waals surface area contributed by atoms with Crippen LogP contribution in [0.2, 0.25) is 0 Å². The van der Waals surface area contributed by atoms with Gasteiger partial charge in [-0.1, -0.05) is 43.5 Å².